The molecule has 1 aromatic carbocycles. The Kier molecular flexibility index (Phi) is 5.65. The largest absolute Gasteiger partial charge is 0.497 e. The molecule has 0 spiro atoms. The van der Waals surface area contributed by atoms with Gasteiger partial charge in [0.1, 0.15) is 11.4 Å². The van der Waals surface area contributed by atoms with E-state index in [0.29, 0.717) is 31.3 Å². The van der Waals surface area contributed by atoms with E-state index < -0.39 is 5.60 Å². The van der Waals surface area contributed by atoms with E-state index >= 15 is 0 Å². The Morgan fingerprint density at radius 3 is 2.41 bits per heavy atom. The maximum absolute atomic E-state index is 12.1. The van der Waals surface area contributed by atoms with Crippen LogP contribution in [0.25, 0.3) is 11.4 Å². The van der Waals surface area contributed by atoms with Crippen molar-refractivity contribution in [3.8, 4) is 17.1 Å². The third-order valence-electron chi connectivity index (χ3n) is 4.20. The molecule has 0 N–H and O–H groups in total. The molecule has 1 amide bonds. The first-order chi connectivity index (χ1) is 12.8. The summed E-state index contributed by atoms with van der Waals surface area (Å²) in [6.45, 7) is 8.89. The van der Waals surface area contributed by atoms with Gasteiger partial charge in [0, 0.05) is 31.7 Å². The second-order valence-electron chi connectivity index (χ2n) is 7.48. The molecule has 0 bridgehead atoms. The fraction of sp³-hybridized carbons (Fsp3) is 0.526. The summed E-state index contributed by atoms with van der Waals surface area (Å²) in [4.78, 5) is 20.5. The number of carbonyl (C=O) groups is 1. The number of piperazine rings is 1. The lowest BCUT2D eigenvalue weighted by atomic mass is 10.2. The van der Waals surface area contributed by atoms with Crippen LogP contribution in [-0.4, -0.2) is 64.9 Å². The first-order valence-electron chi connectivity index (χ1n) is 9.01. The summed E-state index contributed by atoms with van der Waals surface area (Å²) in [6, 6.07) is 7.52. The van der Waals surface area contributed by atoms with Gasteiger partial charge >= 0.3 is 6.09 Å². The Labute approximate surface area is 159 Å². The van der Waals surface area contributed by atoms with Crippen LogP contribution in [0.4, 0.5) is 4.79 Å². The van der Waals surface area contributed by atoms with Crippen molar-refractivity contribution in [3.63, 3.8) is 0 Å². The van der Waals surface area contributed by atoms with E-state index in [2.05, 4.69) is 15.0 Å². The molecule has 0 radical (unpaired) electrons. The predicted molar refractivity (Wildman–Crippen MR) is 99.4 cm³/mol. The monoisotopic (exact) mass is 374 g/mol. The molecule has 0 atom stereocenters. The number of aromatic nitrogens is 2. The molecule has 0 saturated carbocycles. The van der Waals surface area contributed by atoms with E-state index in [9.17, 15) is 4.79 Å². The van der Waals surface area contributed by atoms with Crippen LogP contribution in [-0.2, 0) is 11.3 Å². The maximum Gasteiger partial charge on any atom is 0.410 e. The van der Waals surface area contributed by atoms with Crippen molar-refractivity contribution in [2.45, 2.75) is 32.9 Å². The van der Waals surface area contributed by atoms with Gasteiger partial charge in [-0.05, 0) is 45.0 Å². The standard InChI is InChI=1S/C19H26N4O4/c1-19(2,3)26-18(24)23-11-9-22(10-12-23)13-16-20-17(21-27-16)14-5-7-15(25-4)8-6-14/h5-8H,9-13H2,1-4H3. The number of hydrogen-bond acceptors (Lipinski definition) is 7. The molecule has 0 unspecified atom stereocenters. The third-order valence-corrected chi connectivity index (χ3v) is 4.20. The second-order valence-corrected chi connectivity index (χ2v) is 7.48. The molecule has 146 valence electrons. The lowest BCUT2D eigenvalue weighted by molar-refractivity contribution is 0.0132. The van der Waals surface area contributed by atoms with Crippen LogP contribution in [0.1, 0.15) is 26.7 Å². The molecule has 3 rings (SSSR count). The minimum Gasteiger partial charge on any atom is -0.497 e. The third kappa shape index (κ3) is 5.19. The fourth-order valence-corrected chi connectivity index (χ4v) is 2.78. The van der Waals surface area contributed by atoms with Crippen LogP contribution >= 0.6 is 0 Å². The van der Waals surface area contributed by atoms with Gasteiger partial charge < -0.3 is 18.9 Å². The molecular formula is C19H26N4O4. The highest BCUT2D eigenvalue weighted by molar-refractivity contribution is 5.68. The summed E-state index contributed by atoms with van der Waals surface area (Å²) in [6.07, 6.45) is -0.262. The molecule has 27 heavy (non-hydrogen) atoms. The number of hydrogen-bond donors (Lipinski definition) is 0. The first kappa shape index (κ1) is 19.2. The Morgan fingerprint density at radius 2 is 1.81 bits per heavy atom. The zero-order valence-electron chi connectivity index (χ0n) is 16.3. The lowest BCUT2D eigenvalue weighted by Gasteiger charge is -2.34. The van der Waals surface area contributed by atoms with Crippen molar-refractivity contribution in [2.75, 3.05) is 33.3 Å². The second kappa shape index (κ2) is 7.96. The number of ether oxygens (including phenoxy) is 2. The number of methoxy groups -OCH3 is 1. The highest BCUT2D eigenvalue weighted by Crippen LogP contribution is 2.20. The number of amides is 1. The summed E-state index contributed by atoms with van der Waals surface area (Å²) in [7, 11) is 1.63. The van der Waals surface area contributed by atoms with Gasteiger partial charge in [-0.1, -0.05) is 5.16 Å². The Morgan fingerprint density at radius 1 is 1.15 bits per heavy atom. The lowest BCUT2D eigenvalue weighted by Crippen LogP contribution is -2.49. The molecule has 1 aromatic heterocycles. The Hall–Kier alpha value is -2.61. The van der Waals surface area contributed by atoms with E-state index in [1.54, 1.807) is 12.0 Å². The first-order valence-corrected chi connectivity index (χ1v) is 9.01. The fourth-order valence-electron chi connectivity index (χ4n) is 2.78. The van der Waals surface area contributed by atoms with Crippen LogP contribution in [0.5, 0.6) is 5.75 Å². The van der Waals surface area contributed by atoms with Gasteiger partial charge in [-0.3, -0.25) is 4.90 Å². The van der Waals surface area contributed by atoms with Crippen molar-refractivity contribution in [3.05, 3.63) is 30.2 Å². The SMILES string of the molecule is COc1ccc(-c2noc(CN3CCN(C(=O)OC(C)(C)C)CC3)n2)cc1. The number of benzene rings is 1. The van der Waals surface area contributed by atoms with Crippen LogP contribution < -0.4 is 4.74 Å². The summed E-state index contributed by atoms with van der Waals surface area (Å²) < 4.78 is 16.0. The van der Waals surface area contributed by atoms with Gasteiger partial charge in [0.2, 0.25) is 11.7 Å². The summed E-state index contributed by atoms with van der Waals surface area (Å²) in [5.74, 6) is 1.90. The summed E-state index contributed by atoms with van der Waals surface area (Å²) >= 11 is 0. The number of nitrogens with zero attached hydrogens (tertiary/aromatic N) is 4. The summed E-state index contributed by atoms with van der Waals surface area (Å²) in [5.41, 5.74) is 0.399. The molecule has 0 aliphatic carbocycles. The van der Waals surface area contributed by atoms with Crippen molar-refractivity contribution in [1.82, 2.24) is 19.9 Å². The van der Waals surface area contributed by atoms with Gasteiger partial charge in [-0.2, -0.15) is 4.98 Å². The average Bonchev–Trinajstić information content (AvgIpc) is 3.09. The van der Waals surface area contributed by atoms with Gasteiger partial charge in [-0.15, -0.1) is 0 Å². The highest BCUT2D eigenvalue weighted by Gasteiger charge is 2.26. The van der Waals surface area contributed by atoms with E-state index in [-0.39, 0.29) is 6.09 Å². The molecule has 2 heterocycles. The molecule has 8 heteroatoms. The Balaban J connectivity index is 1.52. The molecular weight excluding hydrogens is 348 g/mol. The normalized spacial score (nSPS) is 15.6. The van der Waals surface area contributed by atoms with Gasteiger partial charge in [0.25, 0.3) is 0 Å². The number of rotatable bonds is 4. The van der Waals surface area contributed by atoms with E-state index in [0.717, 1.165) is 24.4 Å². The summed E-state index contributed by atoms with van der Waals surface area (Å²) in [5, 5.41) is 4.05. The minimum absolute atomic E-state index is 0.262. The molecule has 1 aliphatic heterocycles. The molecule has 1 saturated heterocycles. The van der Waals surface area contributed by atoms with Crippen LogP contribution in [0, 0.1) is 0 Å². The molecule has 8 nitrogen and oxygen atoms in total. The predicted octanol–water partition coefficient (Wildman–Crippen LogP) is 2.80. The van der Waals surface area contributed by atoms with Crippen LogP contribution in [0.3, 0.4) is 0 Å². The topological polar surface area (TPSA) is 80.9 Å². The molecule has 1 fully saturated rings. The van der Waals surface area contributed by atoms with E-state index in [1.807, 2.05) is 45.0 Å². The van der Waals surface area contributed by atoms with Gasteiger partial charge in [-0.25, -0.2) is 4.79 Å². The maximum atomic E-state index is 12.1. The number of carbonyl (C=O) groups excluding carboxylic acids is 1. The zero-order chi connectivity index (χ0) is 19.4. The molecule has 2 aromatic rings. The quantitative estimate of drug-likeness (QED) is 0.814. The molecule has 1 aliphatic rings. The van der Waals surface area contributed by atoms with Gasteiger partial charge in [0.05, 0.1) is 13.7 Å². The van der Waals surface area contributed by atoms with E-state index in [4.69, 9.17) is 14.0 Å². The highest BCUT2D eigenvalue weighted by atomic mass is 16.6. The van der Waals surface area contributed by atoms with Crippen molar-refractivity contribution < 1.29 is 18.8 Å². The van der Waals surface area contributed by atoms with Crippen molar-refractivity contribution >= 4 is 6.09 Å². The average molecular weight is 374 g/mol. The Bertz CT molecular complexity index is 759. The van der Waals surface area contributed by atoms with Crippen molar-refractivity contribution in [1.29, 1.82) is 0 Å². The minimum atomic E-state index is -0.476. The zero-order valence-corrected chi connectivity index (χ0v) is 16.3. The van der Waals surface area contributed by atoms with Crippen LogP contribution in [0.2, 0.25) is 0 Å². The van der Waals surface area contributed by atoms with Crippen molar-refractivity contribution in [2.24, 2.45) is 0 Å². The van der Waals surface area contributed by atoms with Gasteiger partial charge in [0.15, 0.2) is 0 Å². The van der Waals surface area contributed by atoms with E-state index in [1.165, 1.54) is 0 Å². The smallest absolute Gasteiger partial charge is 0.410 e. The van der Waals surface area contributed by atoms with Crippen LogP contribution in [0.15, 0.2) is 28.8 Å².